The Labute approximate surface area is 149 Å². The number of anilines is 1. The quantitative estimate of drug-likeness (QED) is 0.601. The second kappa shape index (κ2) is 9.28. The van der Waals surface area contributed by atoms with Crippen molar-refractivity contribution in [2.75, 3.05) is 25.1 Å². The molecule has 1 aromatic rings. The summed E-state index contributed by atoms with van der Waals surface area (Å²) in [5.41, 5.74) is 6.47. The normalized spacial score (nSPS) is 17.2. The third kappa shape index (κ3) is 5.78. The number of hydrogen-bond donors (Lipinski definition) is 3. The predicted molar refractivity (Wildman–Crippen MR) is 96.7 cm³/mol. The maximum atomic E-state index is 12.3. The van der Waals surface area contributed by atoms with E-state index in [2.05, 4.69) is 10.0 Å². The minimum Gasteiger partial charge on any atom is -0.381 e. The largest absolute Gasteiger partial charge is 0.381 e. The van der Waals surface area contributed by atoms with Gasteiger partial charge in [-0.1, -0.05) is 19.4 Å². The fourth-order valence-electron chi connectivity index (χ4n) is 2.72. The molecule has 1 aliphatic heterocycles. The highest BCUT2D eigenvalue weighted by molar-refractivity contribution is 7.89. The van der Waals surface area contributed by atoms with Gasteiger partial charge in [0.15, 0.2) is 0 Å². The third-order valence-electron chi connectivity index (χ3n) is 4.31. The Kier molecular flexibility index (Phi) is 7.37. The van der Waals surface area contributed by atoms with Crippen LogP contribution in [-0.4, -0.2) is 40.1 Å². The van der Waals surface area contributed by atoms with Gasteiger partial charge < -0.3 is 15.8 Å². The summed E-state index contributed by atoms with van der Waals surface area (Å²) in [4.78, 5) is 12.5. The zero-order chi connectivity index (χ0) is 18.3. The first-order valence-corrected chi connectivity index (χ1v) is 10.2. The van der Waals surface area contributed by atoms with Gasteiger partial charge >= 0.3 is 0 Å². The smallest absolute Gasteiger partial charge is 0.241 e. The molecule has 140 valence electrons. The molecule has 1 aliphatic rings. The molecule has 1 saturated heterocycles. The SMILES string of the molecule is CCCCNS(=O)(=O)c1cccc(NC(=O)C(N)C2CCOCC2)c1. The van der Waals surface area contributed by atoms with E-state index in [0.29, 0.717) is 25.4 Å². The molecule has 8 heteroatoms. The highest BCUT2D eigenvalue weighted by atomic mass is 32.2. The highest BCUT2D eigenvalue weighted by Gasteiger charge is 2.26. The Morgan fingerprint density at radius 1 is 1.36 bits per heavy atom. The van der Waals surface area contributed by atoms with Crippen LogP contribution in [0.2, 0.25) is 0 Å². The molecular weight excluding hydrogens is 342 g/mol. The monoisotopic (exact) mass is 369 g/mol. The van der Waals surface area contributed by atoms with Gasteiger partial charge in [0.1, 0.15) is 0 Å². The number of amides is 1. The number of rotatable bonds is 8. The summed E-state index contributed by atoms with van der Waals surface area (Å²) in [6.07, 6.45) is 3.19. The first-order valence-electron chi connectivity index (χ1n) is 8.68. The van der Waals surface area contributed by atoms with Gasteiger partial charge in [0.2, 0.25) is 15.9 Å². The Balaban J connectivity index is 2.01. The van der Waals surface area contributed by atoms with Crippen LogP contribution in [0.15, 0.2) is 29.2 Å². The number of benzene rings is 1. The first kappa shape index (κ1) is 19.8. The average molecular weight is 369 g/mol. The minimum absolute atomic E-state index is 0.0800. The maximum Gasteiger partial charge on any atom is 0.241 e. The van der Waals surface area contributed by atoms with Crippen molar-refractivity contribution in [2.45, 2.75) is 43.5 Å². The van der Waals surface area contributed by atoms with Crippen LogP contribution in [0.1, 0.15) is 32.6 Å². The van der Waals surface area contributed by atoms with E-state index in [0.717, 1.165) is 25.7 Å². The van der Waals surface area contributed by atoms with Gasteiger partial charge in [-0.2, -0.15) is 0 Å². The van der Waals surface area contributed by atoms with E-state index in [1.165, 1.54) is 12.1 Å². The van der Waals surface area contributed by atoms with Crippen molar-refractivity contribution in [1.29, 1.82) is 0 Å². The van der Waals surface area contributed by atoms with Crippen LogP contribution in [0.5, 0.6) is 0 Å². The van der Waals surface area contributed by atoms with Crippen molar-refractivity contribution in [3.8, 4) is 0 Å². The predicted octanol–water partition coefficient (Wildman–Crippen LogP) is 1.46. The molecule has 0 saturated carbocycles. The van der Waals surface area contributed by atoms with Gasteiger partial charge in [-0.25, -0.2) is 13.1 Å². The van der Waals surface area contributed by atoms with Crippen molar-refractivity contribution >= 4 is 21.6 Å². The molecule has 0 aliphatic carbocycles. The van der Waals surface area contributed by atoms with Gasteiger partial charge in [0.05, 0.1) is 10.9 Å². The average Bonchev–Trinajstić information content (AvgIpc) is 2.62. The molecule has 4 N–H and O–H groups in total. The summed E-state index contributed by atoms with van der Waals surface area (Å²) in [6, 6.07) is 5.57. The summed E-state index contributed by atoms with van der Waals surface area (Å²) >= 11 is 0. The number of carbonyl (C=O) groups excluding carboxylic acids is 1. The van der Waals surface area contributed by atoms with Crippen molar-refractivity contribution in [3.63, 3.8) is 0 Å². The van der Waals surface area contributed by atoms with Crippen molar-refractivity contribution in [2.24, 2.45) is 11.7 Å². The van der Waals surface area contributed by atoms with Gasteiger partial charge in [-0.3, -0.25) is 4.79 Å². The molecule has 2 rings (SSSR count). The Bertz CT molecular complexity index is 672. The second-order valence-corrected chi connectivity index (χ2v) is 8.01. The number of carbonyl (C=O) groups is 1. The highest BCUT2D eigenvalue weighted by Crippen LogP contribution is 2.20. The first-order chi connectivity index (χ1) is 11.9. The van der Waals surface area contributed by atoms with Crippen LogP contribution in [0, 0.1) is 5.92 Å². The van der Waals surface area contributed by atoms with Crippen molar-refractivity contribution < 1.29 is 17.9 Å². The van der Waals surface area contributed by atoms with Crippen LogP contribution in [-0.2, 0) is 19.6 Å². The molecule has 0 aromatic heterocycles. The maximum absolute atomic E-state index is 12.3. The Morgan fingerprint density at radius 2 is 2.08 bits per heavy atom. The molecule has 1 unspecified atom stereocenters. The van der Waals surface area contributed by atoms with Crippen LogP contribution >= 0.6 is 0 Å². The van der Waals surface area contributed by atoms with Crippen molar-refractivity contribution in [1.82, 2.24) is 4.72 Å². The fraction of sp³-hybridized carbons (Fsp3) is 0.588. The lowest BCUT2D eigenvalue weighted by molar-refractivity contribution is -0.119. The van der Waals surface area contributed by atoms with E-state index in [-0.39, 0.29) is 16.7 Å². The van der Waals surface area contributed by atoms with Crippen LogP contribution in [0.4, 0.5) is 5.69 Å². The third-order valence-corrected chi connectivity index (χ3v) is 5.77. The number of nitrogens with one attached hydrogen (secondary N) is 2. The lowest BCUT2D eigenvalue weighted by Gasteiger charge is -2.26. The topological polar surface area (TPSA) is 111 Å². The number of hydrogen-bond acceptors (Lipinski definition) is 5. The second-order valence-electron chi connectivity index (χ2n) is 6.24. The summed E-state index contributed by atoms with van der Waals surface area (Å²) < 4.78 is 32.4. The summed E-state index contributed by atoms with van der Waals surface area (Å²) in [7, 11) is -3.58. The van der Waals surface area contributed by atoms with Crippen LogP contribution < -0.4 is 15.8 Å². The Morgan fingerprint density at radius 3 is 2.76 bits per heavy atom. The Hall–Kier alpha value is -1.48. The lowest BCUT2D eigenvalue weighted by atomic mass is 9.92. The van der Waals surface area contributed by atoms with E-state index >= 15 is 0 Å². The molecule has 1 atom stereocenters. The molecular formula is C17H27N3O4S. The fourth-order valence-corrected chi connectivity index (χ4v) is 3.84. The lowest BCUT2D eigenvalue weighted by Crippen LogP contribution is -2.44. The molecule has 7 nitrogen and oxygen atoms in total. The van der Waals surface area contributed by atoms with Gasteiger partial charge in [0, 0.05) is 25.4 Å². The summed E-state index contributed by atoms with van der Waals surface area (Å²) in [5, 5.41) is 2.72. The van der Waals surface area contributed by atoms with E-state index in [1.54, 1.807) is 12.1 Å². The molecule has 1 fully saturated rings. The molecule has 1 amide bonds. The minimum atomic E-state index is -3.58. The molecule has 0 radical (unpaired) electrons. The molecule has 0 spiro atoms. The van der Waals surface area contributed by atoms with E-state index < -0.39 is 16.1 Å². The summed E-state index contributed by atoms with van der Waals surface area (Å²) in [6.45, 7) is 3.61. The number of nitrogens with two attached hydrogens (primary N) is 1. The number of unbranched alkanes of at least 4 members (excludes halogenated alkanes) is 1. The zero-order valence-electron chi connectivity index (χ0n) is 14.5. The van der Waals surface area contributed by atoms with Gasteiger partial charge in [-0.15, -0.1) is 0 Å². The van der Waals surface area contributed by atoms with Crippen LogP contribution in [0.3, 0.4) is 0 Å². The van der Waals surface area contributed by atoms with Crippen LogP contribution in [0.25, 0.3) is 0 Å². The van der Waals surface area contributed by atoms with Gasteiger partial charge in [-0.05, 0) is 43.4 Å². The molecule has 25 heavy (non-hydrogen) atoms. The van der Waals surface area contributed by atoms with Gasteiger partial charge in [0.25, 0.3) is 0 Å². The van der Waals surface area contributed by atoms with E-state index in [9.17, 15) is 13.2 Å². The molecule has 0 bridgehead atoms. The molecule has 1 heterocycles. The number of ether oxygens (including phenoxy) is 1. The standard InChI is InChI=1S/C17H27N3O4S/c1-2-3-9-19-25(22,23)15-6-4-5-14(12-15)20-17(21)16(18)13-7-10-24-11-8-13/h4-6,12-13,16,19H,2-3,7-11,18H2,1H3,(H,20,21). The van der Waals surface area contributed by atoms with E-state index in [1.807, 2.05) is 6.92 Å². The summed E-state index contributed by atoms with van der Waals surface area (Å²) in [5.74, 6) is -0.225. The zero-order valence-corrected chi connectivity index (χ0v) is 15.3. The number of sulfonamides is 1. The molecule has 1 aromatic carbocycles. The van der Waals surface area contributed by atoms with Crippen molar-refractivity contribution in [3.05, 3.63) is 24.3 Å². The van der Waals surface area contributed by atoms with E-state index in [4.69, 9.17) is 10.5 Å².